The fourth-order valence-corrected chi connectivity index (χ4v) is 8.15. The fraction of sp³-hybridized carbons (Fsp3) is 0.308. The van der Waals surface area contributed by atoms with Crippen molar-refractivity contribution < 1.29 is 45.4 Å². The predicted molar refractivity (Wildman–Crippen MR) is 252 cm³/mol. The molecule has 2 fully saturated rings. The van der Waals surface area contributed by atoms with Gasteiger partial charge >= 0.3 is 12.7 Å². The van der Waals surface area contributed by atoms with Gasteiger partial charge in [0, 0.05) is 37.3 Å². The number of alkyl halides is 6. The molecule has 2 aromatic heterocycles. The smallest absolute Gasteiger partial charge is 0.406 e. The molecule has 2 aliphatic heterocycles. The number of carbonyl (C=O) groups excluding carboxylic acids is 2. The third kappa shape index (κ3) is 14.0. The molecule has 356 valence electrons. The Labute approximate surface area is 391 Å². The van der Waals surface area contributed by atoms with Crippen LogP contribution in [-0.4, -0.2) is 60.7 Å². The normalized spacial score (nSPS) is 14.4. The minimum atomic E-state index is -4.77. The van der Waals surface area contributed by atoms with E-state index in [4.69, 9.17) is 0 Å². The summed E-state index contributed by atoms with van der Waals surface area (Å²) >= 11 is 0. The second-order valence-electron chi connectivity index (χ2n) is 16.7. The molecule has 2 amide bonds. The molecule has 16 heteroatoms. The van der Waals surface area contributed by atoms with Crippen LogP contribution in [0.3, 0.4) is 0 Å². The van der Waals surface area contributed by atoms with E-state index in [1.54, 1.807) is 48.8 Å². The van der Waals surface area contributed by atoms with Crippen molar-refractivity contribution in [1.82, 2.24) is 9.97 Å². The van der Waals surface area contributed by atoms with Crippen molar-refractivity contribution in [1.29, 1.82) is 0 Å². The molecule has 10 nitrogen and oxygen atoms in total. The molecule has 0 atom stereocenters. The Hall–Kier alpha value is -7.10. The third-order valence-corrected chi connectivity index (χ3v) is 11.6. The number of ether oxygens (including phenoxy) is 2. The number of aromatic nitrogens is 2. The van der Waals surface area contributed by atoms with Crippen LogP contribution < -0.4 is 29.9 Å². The summed E-state index contributed by atoms with van der Waals surface area (Å²) in [6.07, 6.45) is 3.39. The van der Waals surface area contributed by atoms with E-state index in [1.165, 1.54) is 68.1 Å². The van der Waals surface area contributed by atoms with Crippen LogP contribution in [0.1, 0.15) is 83.2 Å². The van der Waals surface area contributed by atoms with Crippen LogP contribution >= 0.6 is 0 Å². The van der Waals surface area contributed by atoms with Gasteiger partial charge in [0.15, 0.2) is 0 Å². The number of carbonyl (C=O) groups is 2. The molecule has 8 rings (SSSR count). The van der Waals surface area contributed by atoms with Gasteiger partial charge in [-0.1, -0.05) is 62.1 Å². The van der Waals surface area contributed by atoms with Crippen molar-refractivity contribution >= 4 is 34.8 Å². The van der Waals surface area contributed by atoms with Crippen molar-refractivity contribution in [2.45, 2.75) is 77.9 Å². The van der Waals surface area contributed by atoms with Crippen molar-refractivity contribution in [3.8, 4) is 33.8 Å². The molecule has 0 radical (unpaired) electrons. The Kier molecular flexibility index (Phi) is 15.9. The summed E-state index contributed by atoms with van der Waals surface area (Å²) in [5.41, 5.74) is 6.32. The second-order valence-corrected chi connectivity index (χ2v) is 16.7. The van der Waals surface area contributed by atoms with E-state index in [0.29, 0.717) is 39.2 Å². The zero-order valence-electron chi connectivity index (χ0n) is 37.7. The highest BCUT2D eigenvalue weighted by Crippen LogP contribution is 2.32. The Balaban J connectivity index is 0.000000201. The quantitative estimate of drug-likeness (QED) is 0.131. The van der Waals surface area contributed by atoms with Gasteiger partial charge in [-0.15, -0.1) is 26.3 Å². The van der Waals surface area contributed by atoms with E-state index in [1.807, 2.05) is 44.2 Å². The Morgan fingerprint density at radius 3 is 1.37 bits per heavy atom. The van der Waals surface area contributed by atoms with E-state index >= 15 is 0 Å². The van der Waals surface area contributed by atoms with Crippen molar-refractivity contribution in [3.63, 3.8) is 0 Å². The number of amides is 2. The average Bonchev–Trinajstić information content (AvgIpc) is 3.76. The summed E-state index contributed by atoms with van der Waals surface area (Å²) in [5.74, 6) is 0.596. The summed E-state index contributed by atoms with van der Waals surface area (Å²) in [4.78, 5) is 39.3. The van der Waals surface area contributed by atoms with Crippen LogP contribution in [0.25, 0.3) is 22.3 Å². The standard InChI is InChI=1S/2C26H26F3N3O2/c1-18-6-7-20(16-23(18)19-8-11-22(12-9-19)34-26(27,28)29)25(33)31-21-10-13-24(30-17-21)32-14-4-2-3-5-15-32;1-18-9-10-20(16-23(18)19-7-6-8-22(15-19)34-26(27,28)29)25(33)31-21-11-12-24(30-17-21)32-13-4-2-3-5-14-32/h6-13,16-17H,2-5,14-15H2,1H3,(H,31,33);6-12,15-17H,2-5,13-14H2,1H3,(H,31,33). The Bertz CT molecular complexity index is 2630. The molecule has 2 N–H and O–H groups in total. The lowest BCUT2D eigenvalue weighted by molar-refractivity contribution is -0.275. The average molecular weight is 939 g/mol. The van der Waals surface area contributed by atoms with Crippen molar-refractivity contribution in [2.24, 2.45) is 0 Å². The number of halogens is 6. The molecular weight excluding hydrogens is 887 g/mol. The molecule has 4 aromatic carbocycles. The summed E-state index contributed by atoms with van der Waals surface area (Å²) in [6, 6.07) is 29.2. The van der Waals surface area contributed by atoms with Gasteiger partial charge in [0.25, 0.3) is 11.8 Å². The maximum atomic E-state index is 12.9. The molecule has 0 spiro atoms. The van der Waals surface area contributed by atoms with Gasteiger partial charge in [-0.05, 0) is 146 Å². The lowest BCUT2D eigenvalue weighted by Gasteiger charge is -2.21. The number of anilines is 4. The molecule has 68 heavy (non-hydrogen) atoms. The number of benzene rings is 4. The molecule has 4 heterocycles. The first kappa shape index (κ1) is 48.8. The van der Waals surface area contributed by atoms with Crippen LogP contribution in [0.4, 0.5) is 49.4 Å². The van der Waals surface area contributed by atoms with Gasteiger partial charge in [0.2, 0.25) is 0 Å². The van der Waals surface area contributed by atoms with Crippen LogP contribution in [0, 0.1) is 13.8 Å². The minimum absolute atomic E-state index is 0.289. The first-order chi connectivity index (χ1) is 32.6. The summed E-state index contributed by atoms with van der Waals surface area (Å²) in [7, 11) is 0. The van der Waals surface area contributed by atoms with Gasteiger partial charge in [-0.3, -0.25) is 9.59 Å². The van der Waals surface area contributed by atoms with E-state index in [0.717, 1.165) is 80.2 Å². The molecule has 0 saturated carbocycles. The van der Waals surface area contributed by atoms with Crippen molar-refractivity contribution in [3.05, 3.63) is 144 Å². The molecule has 0 unspecified atom stereocenters. The second kappa shape index (κ2) is 22.1. The molecule has 6 aromatic rings. The van der Waals surface area contributed by atoms with Gasteiger partial charge in [-0.2, -0.15) is 0 Å². The number of pyridine rings is 2. The monoisotopic (exact) mass is 938 g/mol. The van der Waals surface area contributed by atoms with Crippen molar-refractivity contribution in [2.75, 3.05) is 46.6 Å². The first-order valence-corrected chi connectivity index (χ1v) is 22.6. The summed E-state index contributed by atoms with van der Waals surface area (Å²) in [5, 5.41) is 5.72. The maximum absolute atomic E-state index is 12.9. The molecule has 2 saturated heterocycles. The minimum Gasteiger partial charge on any atom is -0.406 e. The number of nitrogens with zero attached hydrogens (tertiary/aromatic N) is 4. The van der Waals surface area contributed by atoms with Crippen LogP contribution in [-0.2, 0) is 0 Å². The van der Waals surface area contributed by atoms with Gasteiger partial charge in [-0.25, -0.2) is 9.97 Å². The predicted octanol–water partition coefficient (Wildman–Crippen LogP) is 13.2. The topological polar surface area (TPSA) is 109 Å². The first-order valence-electron chi connectivity index (χ1n) is 22.6. The van der Waals surface area contributed by atoms with Gasteiger partial charge in [0.05, 0.1) is 23.8 Å². The highest BCUT2D eigenvalue weighted by Gasteiger charge is 2.32. The molecule has 2 aliphatic rings. The lowest BCUT2D eigenvalue weighted by Crippen LogP contribution is -2.24. The SMILES string of the molecule is Cc1ccc(C(=O)Nc2ccc(N3CCCCCC3)nc2)cc1-c1ccc(OC(F)(F)F)cc1.Cc1ccc(C(=O)Nc2ccc(N3CCCCCC3)nc2)cc1-c1cccc(OC(F)(F)F)c1. The number of hydrogen-bond acceptors (Lipinski definition) is 8. The maximum Gasteiger partial charge on any atom is 0.573 e. The highest BCUT2D eigenvalue weighted by molar-refractivity contribution is 6.06. The number of rotatable bonds is 10. The zero-order valence-corrected chi connectivity index (χ0v) is 37.7. The molecular formula is C52H52F6N6O4. The van der Waals surface area contributed by atoms with E-state index in [9.17, 15) is 35.9 Å². The van der Waals surface area contributed by atoms with Crippen LogP contribution in [0.5, 0.6) is 11.5 Å². The zero-order chi connectivity index (χ0) is 48.3. The number of aryl methyl sites for hydroxylation is 2. The van der Waals surface area contributed by atoms with E-state index in [2.05, 4.69) is 39.9 Å². The Morgan fingerprint density at radius 2 is 0.941 bits per heavy atom. The van der Waals surface area contributed by atoms with Gasteiger partial charge < -0.3 is 29.9 Å². The lowest BCUT2D eigenvalue weighted by atomic mass is 9.97. The van der Waals surface area contributed by atoms with Gasteiger partial charge in [0.1, 0.15) is 23.1 Å². The van der Waals surface area contributed by atoms with E-state index < -0.39 is 12.7 Å². The Morgan fingerprint density at radius 1 is 0.500 bits per heavy atom. The summed E-state index contributed by atoms with van der Waals surface area (Å²) in [6.45, 7) is 7.67. The third-order valence-electron chi connectivity index (χ3n) is 11.6. The van der Waals surface area contributed by atoms with Crippen LogP contribution in [0.15, 0.2) is 122 Å². The molecule has 0 aliphatic carbocycles. The fourth-order valence-electron chi connectivity index (χ4n) is 8.15. The number of nitrogens with one attached hydrogen (secondary N) is 2. The molecule has 0 bridgehead atoms. The highest BCUT2D eigenvalue weighted by atomic mass is 19.4. The van der Waals surface area contributed by atoms with E-state index in [-0.39, 0.29) is 23.3 Å². The largest absolute Gasteiger partial charge is 0.573 e. The summed E-state index contributed by atoms with van der Waals surface area (Å²) < 4.78 is 83.0. The van der Waals surface area contributed by atoms with Crippen LogP contribution in [0.2, 0.25) is 0 Å². The number of hydrogen-bond donors (Lipinski definition) is 2.